The van der Waals surface area contributed by atoms with Gasteiger partial charge in [0.05, 0.1) is 23.7 Å². The molecule has 0 amide bonds. The summed E-state index contributed by atoms with van der Waals surface area (Å²) in [7, 11) is 0. The van der Waals surface area contributed by atoms with Crippen LogP contribution in [0.4, 0.5) is 0 Å². The Balaban J connectivity index is 2.06. The minimum Gasteiger partial charge on any atom is -0.393 e. The van der Waals surface area contributed by atoms with Gasteiger partial charge in [-0.25, -0.2) is 9.97 Å². The highest BCUT2D eigenvalue weighted by molar-refractivity contribution is 9.10. The van der Waals surface area contributed by atoms with Crippen molar-refractivity contribution in [2.24, 2.45) is 0 Å². The van der Waals surface area contributed by atoms with Crippen LogP contribution in [0.5, 0.6) is 0 Å². The van der Waals surface area contributed by atoms with Gasteiger partial charge in [-0.15, -0.1) is 0 Å². The van der Waals surface area contributed by atoms with Crippen molar-refractivity contribution in [3.05, 3.63) is 52.9 Å². The lowest BCUT2D eigenvalue weighted by atomic mass is 10.1. The number of hydrogen-bond donors (Lipinski definition) is 1. The predicted octanol–water partition coefficient (Wildman–Crippen LogP) is 3.08. The number of nitrogens with zero attached hydrogens (tertiary/aromatic N) is 3. The largest absolute Gasteiger partial charge is 0.393 e. The summed E-state index contributed by atoms with van der Waals surface area (Å²) in [5.41, 5.74) is 3.76. The molecular formula is C15H14BrN3O. The third-order valence-corrected chi connectivity index (χ3v) is 3.53. The summed E-state index contributed by atoms with van der Waals surface area (Å²) in [6.45, 7) is 1.78. The van der Waals surface area contributed by atoms with Gasteiger partial charge in [0.25, 0.3) is 0 Å². The molecule has 4 nitrogen and oxygen atoms in total. The van der Waals surface area contributed by atoms with Gasteiger partial charge in [0.2, 0.25) is 0 Å². The summed E-state index contributed by atoms with van der Waals surface area (Å²) in [6, 6.07) is 9.80. The average molecular weight is 332 g/mol. The number of aliphatic hydroxyl groups excluding tert-OH is 1. The Bertz CT molecular complexity index is 752. The smallest absolute Gasteiger partial charge is 0.137 e. The Labute approximate surface area is 125 Å². The lowest BCUT2D eigenvalue weighted by molar-refractivity contribution is 0.195. The fourth-order valence-electron chi connectivity index (χ4n) is 2.23. The molecule has 1 N–H and O–H groups in total. The van der Waals surface area contributed by atoms with Gasteiger partial charge in [0, 0.05) is 6.20 Å². The molecule has 0 saturated heterocycles. The van der Waals surface area contributed by atoms with Crippen LogP contribution in [0, 0.1) is 0 Å². The number of aromatic nitrogens is 3. The third-order valence-electron chi connectivity index (χ3n) is 3.09. The van der Waals surface area contributed by atoms with Crippen LogP contribution in [0.2, 0.25) is 0 Å². The van der Waals surface area contributed by atoms with Crippen molar-refractivity contribution in [1.82, 2.24) is 14.4 Å². The maximum absolute atomic E-state index is 9.45. The van der Waals surface area contributed by atoms with Gasteiger partial charge >= 0.3 is 0 Å². The summed E-state index contributed by atoms with van der Waals surface area (Å²) < 4.78 is 2.80. The molecule has 0 bridgehead atoms. The summed E-state index contributed by atoms with van der Waals surface area (Å²) in [6.07, 6.45) is 4.07. The zero-order chi connectivity index (χ0) is 14.1. The van der Waals surface area contributed by atoms with Crippen LogP contribution >= 0.6 is 15.9 Å². The minimum absolute atomic E-state index is 0.348. The molecule has 0 fully saturated rings. The van der Waals surface area contributed by atoms with Gasteiger partial charge < -0.3 is 5.11 Å². The summed E-state index contributed by atoms with van der Waals surface area (Å²) >= 11 is 3.38. The highest BCUT2D eigenvalue weighted by Crippen LogP contribution is 2.21. The molecule has 0 aliphatic heterocycles. The van der Waals surface area contributed by atoms with E-state index in [0.717, 1.165) is 27.2 Å². The van der Waals surface area contributed by atoms with E-state index in [1.54, 1.807) is 6.92 Å². The van der Waals surface area contributed by atoms with Crippen LogP contribution < -0.4 is 0 Å². The fourth-order valence-corrected chi connectivity index (χ4v) is 2.57. The second-order valence-electron chi connectivity index (χ2n) is 4.81. The maximum Gasteiger partial charge on any atom is 0.137 e. The first-order valence-electron chi connectivity index (χ1n) is 6.40. The number of imidazole rings is 1. The van der Waals surface area contributed by atoms with Gasteiger partial charge in [0.15, 0.2) is 0 Å². The highest BCUT2D eigenvalue weighted by Gasteiger charge is 2.08. The molecule has 0 aliphatic rings. The molecule has 3 rings (SSSR count). The van der Waals surface area contributed by atoms with E-state index in [0.29, 0.717) is 6.42 Å². The van der Waals surface area contributed by atoms with Crippen molar-refractivity contribution in [2.45, 2.75) is 19.4 Å². The molecule has 0 aromatic carbocycles. The fraction of sp³-hybridized carbons (Fsp3) is 0.200. The topological polar surface area (TPSA) is 50.4 Å². The molecule has 3 aromatic rings. The van der Waals surface area contributed by atoms with E-state index in [1.807, 2.05) is 47.1 Å². The third kappa shape index (κ3) is 2.59. The monoisotopic (exact) mass is 331 g/mol. The number of pyridine rings is 2. The number of halogens is 1. The van der Waals surface area contributed by atoms with Crippen molar-refractivity contribution in [3.63, 3.8) is 0 Å². The Morgan fingerprint density at radius 2 is 2.20 bits per heavy atom. The van der Waals surface area contributed by atoms with Gasteiger partial charge in [-0.1, -0.05) is 6.07 Å². The molecule has 102 valence electrons. The number of fused-ring (bicyclic) bond motifs is 1. The first-order chi connectivity index (χ1) is 9.63. The van der Waals surface area contributed by atoms with Crippen LogP contribution in [0.3, 0.4) is 0 Å². The summed E-state index contributed by atoms with van der Waals surface area (Å²) in [4.78, 5) is 8.87. The van der Waals surface area contributed by atoms with Gasteiger partial charge in [-0.05, 0) is 59.1 Å². The Morgan fingerprint density at radius 1 is 1.35 bits per heavy atom. The Morgan fingerprint density at radius 3 is 2.95 bits per heavy atom. The molecule has 20 heavy (non-hydrogen) atoms. The molecule has 3 aromatic heterocycles. The molecule has 0 aliphatic carbocycles. The zero-order valence-electron chi connectivity index (χ0n) is 11.0. The summed E-state index contributed by atoms with van der Waals surface area (Å²) in [5, 5.41) is 9.45. The molecule has 1 atom stereocenters. The van der Waals surface area contributed by atoms with Crippen molar-refractivity contribution >= 4 is 21.6 Å². The second kappa shape index (κ2) is 5.34. The van der Waals surface area contributed by atoms with E-state index in [4.69, 9.17) is 0 Å². The molecule has 3 heterocycles. The lowest BCUT2D eigenvalue weighted by Crippen LogP contribution is -2.04. The van der Waals surface area contributed by atoms with E-state index < -0.39 is 0 Å². The summed E-state index contributed by atoms with van der Waals surface area (Å²) in [5.74, 6) is 0. The van der Waals surface area contributed by atoms with Crippen molar-refractivity contribution in [2.75, 3.05) is 0 Å². The maximum atomic E-state index is 9.45. The SMILES string of the molecule is CC(O)Cc1ccn2c(-c3cccc(Br)n3)cnc2c1. The molecule has 0 spiro atoms. The predicted molar refractivity (Wildman–Crippen MR) is 81.5 cm³/mol. The van der Waals surface area contributed by atoms with Gasteiger partial charge in [-0.2, -0.15) is 0 Å². The second-order valence-corrected chi connectivity index (χ2v) is 5.62. The van der Waals surface area contributed by atoms with Crippen LogP contribution in [0.1, 0.15) is 12.5 Å². The van der Waals surface area contributed by atoms with Crippen molar-refractivity contribution in [3.8, 4) is 11.4 Å². The number of hydrogen-bond acceptors (Lipinski definition) is 3. The molecule has 1 unspecified atom stereocenters. The standard InChI is InChI=1S/C15H14BrN3O/c1-10(20)7-11-5-6-19-13(9-17-15(19)8-11)12-3-2-4-14(16)18-12/h2-6,8-10,20H,7H2,1H3. The quantitative estimate of drug-likeness (QED) is 0.750. The molecule has 0 radical (unpaired) electrons. The highest BCUT2D eigenvalue weighted by atomic mass is 79.9. The Hall–Kier alpha value is -1.72. The Kier molecular flexibility index (Phi) is 3.54. The van der Waals surface area contributed by atoms with E-state index in [9.17, 15) is 5.11 Å². The minimum atomic E-state index is -0.348. The van der Waals surface area contributed by atoms with E-state index in [2.05, 4.69) is 25.9 Å². The van der Waals surface area contributed by atoms with Gasteiger partial charge in [-0.3, -0.25) is 4.40 Å². The van der Waals surface area contributed by atoms with Crippen LogP contribution in [0.15, 0.2) is 47.3 Å². The lowest BCUT2D eigenvalue weighted by Gasteiger charge is -2.06. The van der Waals surface area contributed by atoms with E-state index in [-0.39, 0.29) is 6.10 Å². The molecular weight excluding hydrogens is 318 g/mol. The molecule has 0 saturated carbocycles. The first-order valence-corrected chi connectivity index (χ1v) is 7.20. The van der Waals surface area contributed by atoms with Gasteiger partial charge in [0.1, 0.15) is 10.3 Å². The van der Waals surface area contributed by atoms with E-state index >= 15 is 0 Å². The van der Waals surface area contributed by atoms with E-state index in [1.165, 1.54) is 0 Å². The van der Waals surface area contributed by atoms with Crippen LogP contribution in [0.25, 0.3) is 17.0 Å². The van der Waals surface area contributed by atoms with Crippen LogP contribution in [-0.4, -0.2) is 25.6 Å². The first kappa shape index (κ1) is 13.3. The normalized spacial score (nSPS) is 12.8. The molecule has 5 heteroatoms. The zero-order valence-corrected chi connectivity index (χ0v) is 12.6. The van der Waals surface area contributed by atoms with Crippen molar-refractivity contribution in [1.29, 1.82) is 0 Å². The number of aliphatic hydroxyl groups is 1. The number of rotatable bonds is 3. The van der Waals surface area contributed by atoms with Crippen LogP contribution in [-0.2, 0) is 6.42 Å². The van der Waals surface area contributed by atoms with Crippen molar-refractivity contribution < 1.29 is 5.11 Å². The average Bonchev–Trinajstić information content (AvgIpc) is 2.81.